The number of oxazole rings is 3. The minimum Gasteiger partial charge on any atom is -0.462 e. The first-order valence-corrected chi connectivity index (χ1v) is 23.1. The molecule has 6 bridgehead atoms. The second-order valence-corrected chi connectivity index (χ2v) is 18.2. The van der Waals surface area contributed by atoms with Crippen molar-refractivity contribution in [3.8, 4) is 23.2 Å². The molecule has 2 amide bonds. The van der Waals surface area contributed by atoms with Crippen molar-refractivity contribution in [1.29, 1.82) is 0 Å². The number of rotatable bonds is 17. The van der Waals surface area contributed by atoms with Crippen LogP contribution in [0.1, 0.15) is 111 Å². The quantitative estimate of drug-likeness (QED) is 0.101. The van der Waals surface area contributed by atoms with E-state index >= 15 is 0 Å². The third kappa shape index (κ3) is 15.8. The highest BCUT2D eigenvalue weighted by atomic mass is 16.6. The summed E-state index contributed by atoms with van der Waals surface area (Å²) in [5, 5.41) is 11.4. The van der Waals surface area contributed by atoms with Gasteiger partial charge in [0.25, 0.3) is 0 Å². The lowest BCUT2D eigenvalue weighted by atomic mass is 9.84. The van der Waals surface area contributed by atoms with Gasteiger partial charge in [-0.25, -0.2) is 19.7 Å². The summed E-state index contributed by atoms with van der Waals surface area (Å²) in [4.78, 5) is 65.9. The first-order valence-electron chi connectivity index (χ1n) is 23.1. The maximum Gasteiger partial charge on any atom is 0.404 e. The number of hydrogen-bond donors (Lipinski definition) is 2. The summed E-state index contributed by atoms with van der Waals surface area (Å²) in [6, 6.07) is 0. The van der Waals surface area contributed by atoms with Gasteiger partial charge < -0.3 is 57.4 Å². The van der Waals surface area contributed by atoms with E-state index in [2.05, 4.69) is 15.0 Å². The number of primary amides is 1. The zero-order chi connectivity index (χ0) is 49.4. The van der Waals surface area contributed by atoms with Crippen molar-refractivity contribution in [2.24, 2.45) is 41.2 Å². The number of ether oxygens (including phenoxy) is 6. The van der Waals surface area contributed by atoms with E-state index < -0.39 is 60.5 Å². The maximum absolute atomic E-state index is 14.0. The monoisotopic (exact) mass is 944 g/mol. The van der Waals surface area contributed by atoms with Crippen molar-refractivity contribution in [2.45, 2.75) is 142 Å². The number of ketones is 1. The Labute approximate surface area is 393 Å². The summed E-state index contributed by atoms with van der Waals surface area (Å²) in [5.41, 5.74) is 6.67. The Kier molecular flexibility index (Phi) is 21.7. The van der Waals surface area contributed by atoms with E-state index in [9.17, 15) is 24.3 Å². The van der Waals surface area contributed by atoms with E-state index in [1.54, 1.807) is 34.6 Å². The number of hydrogen-bond acceptors (Lipinski definition) is 17. The molecule has 0 fully saturated rings. The second-order valence-electron chi connectivity index (χ2n) is 18.2. The van der Waals surface area contributed by atoms with Crippen LogP contribution in [0.15, 0.2) is 44.3 Å². The highest BCUT2D eigenvalue weighted by Crippen LogP contribution is 2.34. The van der Waals surface area contributed by atoms with E-state index in [0.29, 0.717) is 55.1 Å². The fourth-order valence-electron chi connectivity index (χ4n) is 8.97. The van der Waals surface area contributed by atoms with Gasteiger partial charge in [-0.1, -0.05) is 47.6 Å². The van der Waals surface area contributed by atoms with Crippen molar-refractivity contribution < 1.29 is 66.0 Å². The largest absolute Gasteiger partial charge is 0.462 e. The van der Waals surface area contributed by atoms with E-state index in [4.69, 9.17) is 47.4 Å². The zero-order valence-electron chi connectivity index (χ0n) is 41.0. The molecular formula is C48H73N5O14. The molecule has 374 valence electrons. The Morgan fingerprint density at radius 3 is 2.28 bits per heavy atom. The van der Waals surface area contributed by atoms with Gasteiger partial charge in [-0.3, -0.25) is 14.4 Å². The van der Waals surface area contributed by atoms with Gasteiger partial charge in [0.1, 0.15) is 48.6 Å². The van der Waals surface area contributed by atoms with Crippen LogP contribution in [0, 0.1) is 35.5 Å². The Bertz CT molecular complexity index is 2020. The molecule has 0 spiro atoms. The molecule has 13 atom stereocenters. The van der Waals surface area contributed by atoms with Crippen LogP contribution in [0.3, 0.4) is 0 Å². The molecule has 0 aliphatic carbocycles. The van der Waals surface area contributed by atoms with Crippen molar-refractivity contribution in [2.75, 3.05) is 35.5 Å². The number of amides is 2. The third-order valence-corrected chi connectivity index (χ3v) is 13.1. The number of esters is 1. The van der Waals surface area contributed by atoms with E-state index in [1.807, 2.05) is 47.6 Å². The van der Waals surface area contributed by atoms with Gasteiger partial charge in [-0.15, -0.1) is 0 Å². The van der Waals surface area contributed by atoms with Crippen LogP contribution < -0.4 is 5.73 Å². The van der Waals surface area contributed by atoms with Crippen LogP contribution in [0.4, 0.5) is 4.79 Å². The standard InChI is InChI=1S/C48H73N5O14/c1-27-19-33(66-48(49)58)21-43(57)67-41(22-40(60-9)28(2)15-16-37(55)30(4)44(61-10)29(3)17-18-53(7)26-54)32(6)39(59-8)13-12-14-42-50-35(24-63-42)46-52-36(25-65-46)47-51-34(23-64-47)45(62-11)31(5)38(56)20-27/h17-18,23-33,38-41,44-45,56H,12-16,19-22H2,1-11H3,(H2,49,58)/b18-17+/t27-,28-,29+,30-,31-,32+,33-,38-,39-,40-,41-,44+,45?/m0/s1. The third-order valence-electron chi connectivity index (χ3n) is 13.1. The predicted octanol–water partition coefficient (Wildman–Crippen LogP) is 7.12. The molecule has 19 heteroatoms. The Morgan fingerprint density at radius 2 is 1.63 bits per heavy atom. The molecule has 3 aromatic rings. The van der Waals surface area contributed by atoms with Gasteiger partial charge in [0.2, 0.25) is 18.2 Å². The van der Waals surface area contributed by atoms with Crippen molar-refractivity contribution in [3.05, 3.63) is 42.7 Å². The average molecular weight is 944 g/mol. The first kappa shape index (κ1) is 54.7. The maximum atomic E-state index is 14.0. The number of aliphatic hydroxyl groups is 1. The van der Waals surface area contributed by atoms with Crippen LogP contribution >= 0.6 is 0 Å². The number of carbonyl (C=O) groups excluding carboxylic acids is 4. The molecule has 3 N–H and O–H groups in total. The van der Waals surface area contributed by atoms with Gasteiger partial charge in [0.05, 0.1) is 30.8 Å². The summed E-state index contributed by atoms with van der Waals surface area (Å²) >= 11 is 0. The number of methoxy groups -OCH3 is 4. The smallest absolute Gasteiger partial charge is 0.404 e. The molecule has 0 saturated heterocycles. The van der Waals surface area contributed by atoms with Crippen molar-refractivity contribution in [3.63, 3.8) is 0 Å². The number of aromatic nitrogens is 3. The summed E-state index contributed by atoms with van der Waals surface area (Å²) in [7, 11) is 7.91. The van der Waals surface area contributed by atoms with E-state index in [1.165, 1.54) is 30.8 Å². The lowest BCUT2D eigenvalue weighted by Gasteiger charge is -2.34. The predicted molar refractivity (Wildman–Crippen MR) is 244 cm³/mol. The zero-order valence-corrected chi connectivity index (χ0v) is 41.0. The lowest BCUT2D eigenvalue weighted by Crippen LogP contribution is -2.40. The fraction of sp³-hybridized carbons (Fsp3) is 0.688. The molecule has 0 saturated carbocycles. The first-order chi connectivity index (χ1) is 31.9. The van der Waals surface area contributed by atoms with Crippen molar-refractivity contribution >= 4 is 24.3 Å². The molecule has 1 aliphatic heterocycles. The van der Waals surface area contributed by atoms with Crippen molar-refractivity contribution in [1.82, 2.24) is 19.9 Å². The molecule has 0 radical (unpaired) electrons. The van der Waals surface area contributed by atoms with Crippen LogP contribution in [0.2, 0.25) is 0 Å². The summed E-state index contributed by atoms with van der Waals surface area (Å²) in [6.45, 7) is 11.4. The molecule has 0 aromatic carbocycles. The lowest BCUT2D eigenvalue weighted by molar-refractivity contribution is -0.160. The molecule has 67 heavy (non-hydrogen) atoms. The number of Topliss-reactive ketones (excluding diaryl/α,β-unsaturated/α-hetero) is 1. The number of carbonyl (C=O) groups is 4. The molecule has 1 unspecified atom stereocenters. The molecule has 4 heterocycles. The second kappa shape index (κ2) is 26.6. The summed E-state index contributed by atoms with van der Waals surface area (Å²) in [5.74, 6) is -1.50. The number of nitrogens with two attached hydrogens (primary N) is 1. The minimum absolute atomic E-state index is 0.0270. The number of fused-ring (bicyclic) bond motifs is 8. The average Bonchev–Trinajstić information content (AvgIpc) is 4.09. The van der Waals surface area contributed by atoms with Crippen LogP contribution in [0.5, 0.6) is 0 Å². The van der Waals surface area contributed by atoms with Gasteiger partial charge in [0, 0.05) is 84.6 Å². The number of nitrogens with zero attached hydrogens (tertiary/aromatic N) is 4. The van der Waals surface area contributed by atoms with E-state index in [0.717, 1.165) is 0 Å². The minimum atomic E-state index is -1.05. The van der Waals surface area contributed by atoms with Crippen LogP contribution in [0.25, 0.3) is 23.2 Å². The van der Waals surface area contributed by atoms with Crippen LogP contribution in [-0.4, -0.2) is 121 Å². The van der Waals surface area contributed by atoms with Crippen LogP contribution in [-0.2, 0) is 49.2 Å². The van der Waals surface area contributed by atoms with Gasteiger partial charge in [0.15, 0.2) is 17.3 Å². The van der Waals surface area contributed by atoms with E-state index in [-0.39, 0.29) is 79.4 Å². The summed E-state index contributed by atoms with van der Waals surface area (Å²) < 4.78 is 52.7. The van der Waals surface area contributed by atoms with Gasteiger partial charge >= 0.3 is 12.1 Å². The normalized spacial score (nSPS) is 26.0. The highest BCUT2D eigenvalue weighted by molar-refractivity contribution is 5.81. The Morgan fingerprint density at radius 1 is 0.940 bits per heavy atom. The SMILES string of the molecule is COC1c2coc(n2)-c2coc(n2)-c2coc(n2)CCC[C@H](OC)[C@@H](C)[C@H](C[C@H](OC)[C@@H](C)CCC(=O)[C@H](C)[C@H](OC)[C@H](C)/C=C/N(C)C=O)OC(=O)C[C@@H](OC(N)=O)C[C@H](C)C[C@H](O)[C@@H]1C. The fourth-order valence-corrected chi connectivity index (χ4v) is 8.97. The Hall–Kier alpha value is -4.95. The number of cyclic esters (lactones) is 1. The molecule has 1 aliphatic rings. The molecule has 4 rings (SSSR count). The summed E-state index contributed by atoms with van der Waals surface area (Å²) in [6.07, 6.45) is 5.81. The highest BCUT2D eigenvalue weighted by Gasteiger charge is 2.36. The Balaban J connectivity index is 1.58. The van der Waals surface area contributed by atoms with Gasteiger partial charge in [-0.05, 0) is 43.9 Å². The van der Waals surface area contributed by atoms with Gasteiger partial charge in [-0.2, -0.15) is 0 Å². The number of aliphatic hydroxyl groups excluding tert-OH is 1. The topological polar surface area (TPSA) is 251 Å². The number of aryl methyl sites for hydroxylation is 1. The molecule has 19 nitrogen and oxygen atoms in total. The molecular weight excluding hydrogens is 871 g/mol. The molecule has 3 aromatic heterocycles.